The van der Waals surface area contributed by atoms with Gasteiger partial charge in [0.1, 0.15) is 5.65 Å². The van der Waals surface area contributed by atoms with Crippen molar-refractivity contribution in [2.45, 2.75) is 59.8 Å². The Hall–Kier alpha value is -3.91. The Morgan fingerprint density at radius 2 is 1.39 bits per heavy atom. The zero-order valence-corrected chi connectivity index (χ0v) is 23.0. The summed E-state index contributed by atoms with van der Waals surface area (Å²) < 4.78 is 2.37. The zero-order valence-electron chi connectivity index (χ0n) is 23.0. The van der Waals surface area contributed by atoms with Crippen LogP contribution in [0.1, 0.15) is 54.9 Å². The normalized spacial score (nSPS) is 11.7. The summed E-state index contributed by atoms with van der Waals surface area (Å²) in [6.07, 6.45) is 8.44. The van der Waals surface area contributed by atoms with Gasteiger partial charge in [0.25, 0.3) is 0 Å². The summed E-state index contributed by atoms with van der Waals surface area (Å²) in [5.41, 5.74) is 12.5. The van der Waals surface area contributed by atoms with Gasteiger partial charge in [-0.1, -0.05) is 98.5 Å². The molecule has 0 amide bonds. The molecule has 0 bridgehead atoms. The van der Waals surface area contributed by atoms with Crippen LogP contribution in [0.15, 0.2) is 85.1 Å². The average Bonchev–Trinajstić information content (AvgIpc) is 3.36. The fraction of sp³-hybridized carbons (Fsp3) is 0.250. The number of fused-ring (bicyclic) bond motifs is 6. The van der Waals surface area contributed by atoms with E-state index in [1.165, 1.54) is 92.7 Å². The van der Waals surface area contributed by atoms with Crippen LogP contribution in [-0.2, 0) is 6.42 Å². The highest BCUT2D eigenvalue weighted by molar-refractivity contribution is 6.13. The van der Waals surface area contributed by atoms with Crippen LogP contribution in [-0.4, -0.2) is 9.38 Å². The van der Waals surface area contributed by atoms with Crippen molar-refractivity contribution in [3.8, 4) is 22.4 Å². The monoisotopic (exact) mass is 496 g/mol. The van der Waals surface area contributed by atoms with Crippen molar-refractivity contribution in [3.63, 3.8) is 0 Å². The topological polar surface area (TPSA) is 17.3 Å². The minimum atomic E-state index is 1.02. The lowest BCUT2D eigenvalue weighted by Crippen LogP contribution is -1.97. The number of hydrogen-bond acceptors (Lipinski definition) is 1. The molecule has 2 aromatic heterocycles. The van der Waals surface area contributed by atoms with Gasteiger partial charge in [0.2, 0.25) is 0 Å². The summed E-state index contributed by atoms with van der Waals surface area (Å²) >= 11 is 0. The van der Waals surface area contributed by atoms with E-state index in [9.17, 15) is 0 Å². The van der Waals surface area contributed by atoms with Crippen LogP contribution in [0.2, 0.25) is 0 Å². The van der Waals surface area contributed by atoms with Crippen molar-refractivity contribution in [1.29, 1.82) is 0 Å². The molecule has 0 aliphatic carbocycles. The predicted octanol–water partition coefficient (Wildman–Crippen LogP) is 10.0. The zero-order chi connectivity index (χ0) is 26.2. The van der Waals surface area contributed by atoms with Gasteiger partial charge in [-0.25, -0.2) is 4.98 Å². The van der Waals surface area contributed by atoms with Gasteiger partial charge < -0.3 is 0 Å². The smallest absolute Gasteiger partial charge is 0.145 e. The van der Waals surface area contributed by atoms with Gasteiger partial charge in [-0.05, 0) is 78.9 Å². The molecule has 6 aromatic rings. The van der Waals surface area contributed by atoms with Crippen molar-refractivity contribution in [3.05, 3.63) is 107 Å². The second-order valence-corrected chi connectivity index (χ2v) is 10.9. The molecule has 0 atom stereocenters. The van der Waals surface area contributed by atoms with Gasteiger partial charge in [0.15, 0.2) is 0 Å². The molecule has 2 nitrogen and oxygen atoms in total. The van der Waals surface area contributed by atoms with E-state index < -0.39 is 0 Å². The van der Waals surface area contributed by atoms with E-state index in [4.69, 9.17) is 4.98 Å². The Balaban J connectivity index is 1.51. The SMILES string of the molecule is CCCCCCc1ccc(-c2ccc3c(c2)c2ccccc2c2ncc(-c4c(C)cc(C)cc4C)n32)cc1. The number of imidazole rings is 1. The van der Waals surface area contributed by atoms with Gasteiger partial charge in [0.05, 0.1) is 17.4 Å². The van der Waals surface area contributed by atoms with Gasteiger partial charge in [-0.15, -0.1) is 0 Å². The highest BCUT2D eigenvalue weighted by Crippen LogP contribution is 2.37. The summed E-state index contributed by atoms with van der Waals surface area (Å²) in [6.45, 7) is 8.86. The van der Waals surface area contributed by atoms with Crippen LogP contribution in [0, 0.1) is 20.8 Å². The number of pyridine rings is 1. The van der Waals surface area contributed by atoms with Gasteiger partial charge in [-0.3, -0.25) is 4.40 Å². The first-order chi connectivity index (χ1) is 18.5. The average molecular weight is 497 g/mol. The first-order valence-corrected chi connectivity index (χ1v) is 14.0. The third-order valence-electron chi connectivity index (χ3n) is 8.00. The Labute approximate surface area is 226 Å². The van der Waals surface area contributed by atoms with Crippen molar-refractivity contribution < 1.29 is 0 Å². The molecule has 0 saturated heterocycles. The molecule has 0 aliphatic heterocycles. The standard InChI is InChI=1S/C36H36N2/c1-5-6-7-8-11-27-14-16-28(17-15-27)29-18-19-33-32(22-29)30-12-9-10-13-31(30)36-37-23-34(38(33)36)35-25(3)20-24(2)21-26(35)4/h9-10,12-23H,5-8,11H2,1-4H3. The lowest BCUT2D eigenvalue weighted by Gasteiger charge is -2.15. The Bertz CT molecular complexity index is 1750. The maximum Gasteiger partial charge on any atom is 0.145 e. The molecule has 2 heteroatoms. The molecule has 0 radical (unpaired) electrons. The third-order valence-corrected chi connectivity index (χ3v) is 8.00. The number of rotatable bonds is 7. The van der Waals surface area contributed by atoms with Crippen molar-refractivity contribution in [2.75, 3.05) is 0 Å². The Morgan fingerprint density at radius 1 is 0.684 bits per heavy atom. The largest absolute Gasteiger partial charge is 0.292 e. The summed E-state index contributed by atoms with van der Waals surface area (Å²) in [5, 5.41) is 3.70. The second-order valence-electron chi connectivity index (χ2n) is 10.9. The van der Waals surface area contributed by atoms with Crippen molar-refractivity contribution in [2.24, 2.45) is 0 Å². The summed E-state index contributed by atoms with van der Waals surface area (Å²) in [5.74, 6) is 0. The maximum atomic E-state index is 4.97. The molecule has 6 rings (SSSR count). The molecule has 0 spiro atoms. The van der Waals surface area contributed by atoms with Crippen LogP contribution in [0.25, 0.3) is 49.7 Å². The van der Waals surface area contributed by atoms with Crippen LogP contribution in [0.3, 0.4) is 0 Å². The molecule has 0 N–H and O–H groups in total. The molecule has 4 aromatic carbocycles. The molecule has 0 fully saturated rings. The molecular formula is C36H36N2. The quantitative estimate of drug-likeness (QED) is 0.159. The van der Waals surface area contributed by atoms with E-state index in [0.29, 0.717) is 0 Å². The molecular weight excluding hydrogens is 460 g/mol. The molecule has 2 heterocycles. The van der Waals surface area contributed by atoms with E-state index in [1.54, 1.807) is 0 Å². The second kappa shape index (κ2) is 10.1. The van der Waals surface area contributed by atoms with Gasteiger partial charge in [-0.2, -0.15) is 0 Å². The van der Waals surface area contributed by atoms with Gasteiger partial charge >= 0.3 is 0 Å². The first kappa shape index (κ1) is 24.4. The Kier molecular flexibility index (Phi) is 6.49. The Morgan fingerprint density at radius 3 is 2.13 bits per heavy atom. The van der Waals surface area contributed by atoms with Crippen LogP contribution >= 0.6 is 0 Å². The fourth-order valence-corrected chi connectivity index (χ4v) is 6.21. The number of aromatic nitrogens is 2. The minimum Gasteiger partial charge on any atom is -0.292 e. The van der Waals surface area contributed by atoms with Gasteiger partial charge in [0, 0.05) is 16.3 Å². The number of aryl methyl sites for hydroxylation is 4. The van der Waals surface area contributed by atoms with Crippen molar-refractivity contribution in [1.82, 2.24) is 9.38 Å². The number of hydrogen-bond donors (Lipinski definition) is 0. The van der Waals surface area contributed by atoms with Crippen LogP contribution < -0.4 is 0 Å². The van der Waals surface area contributed by atoms with E-state index in [-0.39, 0.29) is 0 Å². The van der Waals surface area contributed by atoms with E-state index in [2.05, 4.69) is 117 Å². The summed E-state index contributed by atoms with van der Waals surface area (Å²) in [7, 11) is 0. The molecule has 38 heavy (non-hydrogen) atoms. The van der Waals surface area contributed by atoms with E-state index >= 15 is 0 Å². The highest BCUT2D eigenvalue weighted by atomic mass is 15.0. The molecule has 0 unspecified atom stereocenters. The molecule has 190 valence electrons. The maximum absolute atomic E-state index is 4.97. The van der Waals surface area contributed by atoms with Crippen molar-refractivity contribution >= 4 is 27.3 Å². The number of unbranched alkanes of at least 4 members (excludes halogenated alkanes) is 3. The van der Waals surface area contributed by atoms with E-state index in [1.807, 2.05) is 0 Å². The molecule has 0 saturated carbocycles. The van der Waals surface area contributed by atoms with E-state index in [0.717, 1.165) is 11.3 Å². The lowest BCUT2D eigenvalue weighted by molar-refractivity contribution is 0.667. The number of benzene rings is 4. The minimum absolute atomic E-state index is 1.02. The fourth-order valence-electron chi connectivity index (χ4n) is 6.21. The lowest BCUT2D eigenvalue weighted by atomic mass is 9.96. The first-order valence-electron chi connectivity index (χ1n) is 14.0. The predicted molar refractivity (Wildman–Crippen MR) is 163 cm³/mol. The van der Waals surface area contributed by atoms with Crippen LogP contribution in [0.4, 0.5) is 0 Å². The molecule has 0 aliphatic rings. The highest BCUT2D eigenvalue weighted by Gasteiger charge is 2.17. The third kappa shape index (κ3) is 4.28. The van der Waals surface area contributed by atoms with Crippen LogP contribution in [0.5, 0.6) is 0 Å². The summed E-state index contributed by atoms with van der Waals surface area (Å²) in [4.78, 5) is 4.97. The summed E-state index contributed by atoms with van der Waals surface area (Å²) in [6, 6.07) is 29.4. The number of nitrogens with zero attached hydrogens (tertiary/aromatic N) is 2.